The Labute approximate surface area is 93.8 Å². The molecule has 15 heavy (non-hydrogen) atoms. The van der Waals surface area contributed by atoms with Crippen LogP contribution < -0.4 is 10.5 Å². The molecule has 0 bridgehead atoms. The zero-order valence-corrected chi connectivity index (χ0v) is 9.15. The van der Waals surface area contributed by atoms with Crippen molar-refractivity contribution in [1.82, 2.24) is 9.97 Å². The fourth-order valence-electron chi connectivity index (χ4n) is 1.80. The highest BCUT2D eigenvalue weighted by Gasteiger charge is 2.21. The standard InChI is InChI=1S/C10H14ClN3O/c11-7-5-13-10(14-6-7)15-9-3-1-2-8(12)4-9/h5-6,8-9H,1-4,12H2. The molecule has 5 heteroatoms. The van der Waals surface area contributed by atoms with E-state index in [1.54, 1.807) is 0 Å². The number of nitrogens with zero attached hydrogens (tertiary/aromatic N) is 2. The topological polar surface area (TPSA) is 61.0 Å². The molecule has 82 valence electrons. The maximum atomic E-state index is 5.86. The number of hydrogen-bond donors (Lipinski definition) is 1. The quantitative estimate of drug-likeness (QED) is 0.837. The van der Waals surface area contributed by atoms with Crippen LogP contribution in [0.3, 0.4) is 0 Å². The first-order chi connectivity index (χ1) is 7.24. The predicted octanol–water partition coefficient (Wildman–Crippen LogP) is 1.78. The Bertz CT molecular complexity index is 317. The van der Waals surface area contributed by atoms with Gasteiger partial charge in [0.2, 0.25) is 0 Å². The molecule has 2 rings (SSSR count). The third kappa shape index (κ3) is 3.04. The molecule has 2 atom stereocenters. The summed E-state index contributed by atoms with van der Waals surface area (Å²) >= 11 is 5.68. The molecule has 0 radical (unpaired) electrons. The summed E-state index contributed by atoms with van der Waals surface area (Å²) < 4.78 is 5.62. The summed E-state index contributed by atoms with van der Waals surface area (Å²) in [4.78, 5) is 7.98. The molecular weight excluding hydrogens is 214 g/mol. The summed E-state index contributed by atoms with van der Waals surface area (Å²) in [5.74, 6) is 0. The summed E-state index contributed by atoms with van der Waals surface area (Å²) in [6, 6.07) is 0.634. The van der Waals surface area contributed by atoms with Gasteiger partial charge in [0.25, 0.3) is 0 Å². The molecule has 1 saturated carbocycles. The highest BCUT2D eigenvalue weighted by atomic mass is 35.5. The Morgan fingerprint density at radius 1 is 1.33 bits per heavy atom. The number of aromatic nitrogens is 2. The lowest BCUT2D eigenvalue weighted by atomic mass is 9.94. The van der Waals surface area contributed by atoms with Gasteiger partial charge in [-0.15, -0.1) is 0 Å². The molecule has 2 N–H and O–H groups in total. The van der Waals surface area contributed by atoms with E-state index < -0.39 is 0 Å². The first-order valence-electron chi connectivity index (χ1n) is 5.14. The normalized spacial score (nSPS) is 26.3. The molecule has 1 aliphatic rings. The summed E-state index contributed by atoms with van der Waals surface area (Å²) in [5.41, 5.74) is 5.86. The van der Waals surface area contributed by atoms with Crippen LogP contribution in [0, 0.1) is 0 Å². The third-order valence-electron chi connectivity index (χ3n) is 2.54. The maximum absolute atomic E-state index is 5.86. The van der Waals surface area contributed by atoms with E-state index in [1.165, 1.54) is 12.4 Å². The minimum Gasteiger partial charge on any atom is -0.460 e. The van der Waals surface area contributed by atoms with Gasteiger partial charge >= 0.3 is 6.01 Å². The Morgan fingerprint density at radius 2 is 2.07 bits per heavy atom. The van der Waals surface area contributed by atoms with Gasteiger partial charge in [-0.25, -0.2) is 9.97 Å². The average molecular weight is 228 g/mol. The highest BCUT2D eigenvalue weighted by molar-refractivity contribution is 6.30. The molecule has 1 aliphatic carbocycles. The Morgan fingerprint density at radius 3 is 2.73 bits per heavy atom. The van der Waals surface area contributed by atoms with Crippen LogP contribution in [0.4, 0.5) is 0 Å². The second-order valence-corrected chi connectivity index (χ2v) is 4.29. The minimum atomic E-state index is 0.148. The van der Waals surface area contributed by atoms with Crippen LogP contribution in [0.15, 0.2) is 12.4 Å². The van der Waals surface area contributed by atoms with Crippen molar-refractivity contribution >= 4 is 11.6 Å². The van der Waals surface area contributed by atoms with E-state index in [0.29, 0.717) is 11.0 Å². The van der Waals surface area contributed by atoms with E-state index in [0.717, 1.165) is 25.7 Å². The molecule has 0 amide bonds. The Kier molecular flexibility index (Phi) is 3.38. The second-order valence-electron chi connectivity index (χ2n) is 3.85. The van der Waals surface area contributed by atoms with Gasteiger partial charge in [-0.05, 0) is 25.7 Å². The number of nitrogens with two attached hydrogens (primary N) is 1. The molecule has 1 heterocycles. The van der Waals surface area contributed by atoms with Crippen molar-refractivity contribution in [2.75, 3.05) is 0 Å². The molecule has 1 aromatic rings. The molecule has 2 unspecified atom stereocenters. The number of rotatable bonds is 2. The molecular formula is C10H14ClN3O. The van der Waals surface area contributed by atoms with Crippen LogP contribution >= 0.6 is 11.6 Å². The van der Waals surface area contributed by atoms with E-state index in [2.05, 4.69) is 9.97 Å². The lowest BCUT2D eigenvalue weighted by Crippen LogP contribution is -2.34. The zero-order chi connectivity index (χ0) is 10.7. The summed E-state index contributed by atoms with van der Waals surface area (Å²) in [6.45, 7) is 0. The minimum absolute atomic E-state index is 0.148. The van der Waals surface area contributed by atoms with Gasteiger partial charge in [0.15, 0.2) is 0 Å². The number of ether oxygens (including phenoxy) is 1. The van der Waals surface area contributed by atoms with Crippen LogP contribution in [0.1, 0.15) is 25.7 Å². The molecule has 1 fully saturated rings. The van der Waals surface area contributed by atoms with Crippen LogP contribution in [0.2, 0.25) is 5.02 Å². The largest absolute Gasteiger partial charge is 0.460 e. The fraction of sp³-hybridized carbons (Fsp3) is 0.600. The lowest BCUT2D eigenvalue weighted by molar-refractivity contribution is 0.132. The van der Waals surface area contributed by atoms with E-state index in [9.17, 15) is 0 Å². The molecule has 4 nitrogen and oxygen atoms in total. The van der Waals surface area contributed by atoms with Crippen molar-refractivity contribution in [2.45, 2.75) is 37.8 Å². The summed E-state index contributed by atoms with van der Waals surface area (Å²) in [5, 5.41) is 0.516. The molecule has 0 saturated heterocycles. The van der Waals surface area contributed by atoms with Gasteiger partial charge in [-0.1, -0.05) is 11.6 Å². The summed E-state index contributed by atoms with van der Waals surface area (Å²) in [7, 11) is 0. The van der Waals surface area contributed by atoms with Gasteiger partial charge in [-0.3, -0.25) is 0 Å². The highest BCUT2D eigenvalue weighted by Crippen LogP contribution is 2.21. The Hall–Kier alpha value is -0.870. The lowest BCUT2D eigenvalue weighted by Gasteiger charge is -2.26. The third-order valence-corrected chi connectivity index (χ3v) is 2.73. The van der Waals surface area contributed by atoms with Crippen molar-refractivity contribution in [2.24, 2.45) is 5.73 Å². The SMILES string of the molecule is NC1CCCC(Oc2ncc(Cl)cn2)C1. The van der Waals surface area contributed by atoms with E-state index in [1.807, 2.05) is 0 Å². The van der Waals surface area contributed by atoms with Crippen LogP contribution in [-0.4, -0.2) is 22.1 Å². The monoisotopic (exact) mass is 227 g/mol. The van der Waals surface area contributed by atoms with Gasteiger partial charge < -0.3 is 10.5 Å². The molecule has 0 aliphatic heterocycles. The van der Waals surface area contributed by atoms with E-state index >= 15 is 0 Å². The molecule has 0 spiro atoms. The van der Waals surface area contributed by atoms with Crippen molar-refractivity contribution in [3.8, 4) is 6.01 Å². The Balaban J connectivity index is 1.93. The van der Waals surface area contributed by atoms with Gasteiger partial charge in [0.05, 0.1) is 17.4 Å². The summed E-state index contributed by atoms with van der Waals surface area (Å²) in [6.07, 6.45) is 7.32. The fourth-order valence-corrected chi connectivity index (χ4v) is 1.90. The van der Waals surface area contributed by atoms with Crippen LogP contribution in [0.5, 0.6) is 6.01 Å². The number of hydrogen-bond acceptors (Lipinski definition) is 4. The molecule has 1 aromatic heterocycles. The van der Waals surface area contributed by atoms with Gasteiger partial charge in [0.1, 0.15) is 6.10 Å². The van der Waals surface area contributed by atoms with Gasteiger partial charge in [0, 0.05) is 6.04 Å². The van der Waals surface area contributed by atoms with Crippen molar-refractivity contribution < 1.29 is 4.74 Å². The second kappa shape index (κ2) is 4.77. The average Bonchev–Trinajstić information content (AvgIpc) is 2.22. The van der Waals surface area contributed by atoms with Gasteiger partial charge in [-0.2, -0.15) is 0 Å². The maximum Gasteiger partial charge on any atom is 0.316 e. The van der Waals surface area contributed by atoms with Crippen LogP contribution in [0.25, 0.3) is 0 Å². The first-order valence-corrected chi connectivity index (χ1v) is 5.51. The smallest absolute Gasteiger partial charge is 0.316 e. The van der Waals surface area contributed by atoms with E-state index in [-0.39, 0.29) is 12.1 Å². The predicted molar refractivity (Wildman–Crippen MR) is 57.9 cm³/mol. The van der Waals surface area contributed by atoms with Crippen molar-refractivity contribution in [1.29, 1.82) is 0 Å². The van der Waals surface area contributed by atoms with Crippen LogP contribution in [-0.2, 0) is 0 Å². The van der Waals surface area contributed by atoms with Crippen molar-refractivity contribution in [3.63, 3.8) is 0 Å². The number of halogens is 1. The molecule has 0 aromatic carbocycles. The van der Waals surface area contributed by atoms with E-state index in [4.69, 9.17) is 22.1 Å². The zero-order valence-electron chi connectivity index (χ0n) is 8.40. The first kappa shape index (κ1) is 10.6. The van der Waals surface area contributed by atoms with Crippen molar-refractivity contribution in [3.05, 3.63) is 17.4 Å².